The molecule has 0 aliphatic heterocycles. The highest BCUT2D eigenvalue weighted by molar-refractivity contribution is 5.93. The summed E-state index contributed by atoms with van der Waals surface area (Å²) in [6.45, 7) is 0.841. The van der Waals surface area contributed by atoms with Gasteiger partial charge in [-0.3, -0.25) is 4.79 Å². The molecule has 0 aromatic carbocycles. The molecule has 0 aliphatic carbocycles. The zero-order valence-corrected chi connectivity index (χ0v) is 8.74. The predicted molar refractivity (Wildman–Crippen MR) is 53.0 cm³/mol. The van der Waals surface area contributed by atoms with Crippen LogP contribution in [0.4, 0.5) is 4.39 Å². The predicted octanol–water partition coefficient (Wildman–Crippen LogP) is 0.939. The zero-order chi connectivity index (χ0) is 11.3. The van der Waals surface area contributed by atoms with Crippen LogP contribution < -0.4 is 0 Å². The number of carbonyl (C=O) groups excluding carboxylic acids is 1. The van der Waals surface area contributed by atoms with Gasteiger partial charge in [-0.2, -0.15) is 4.39 Å². The van der Waals surface area contributed by atoms with Crippen molar-refractivity contribution in [2.45, 2.75) is 0 Å². The van der Waals surface area contributed by atoms with E-state index < -0.39 is 11.9 Å². The molecule has 1 heterocycles. The SMILES string of the molecule is COCCN(C)C(=O)c1cccnc1F. The number of nitrogens with zero attached hydrogens (tertiary/aromatic N) is 2. The number of carbonyl (C=O) groups is 1. The third kappa shape index (κ3) is 2.99. The second-order valence-corrected chi connectivity index (χ2v) is 3.06. The summed E-state index contributed by atoms with van der Waals surface area (Å²) in [5, 5.41) is 0. The van der Waals surface area contributed by atoms with E-state index in [1.165, 1.54) is 23.2 Å². The van der Waals surface area contributed by atoms with Crippen LogP contribution >= 0.6 is 0 Å². The topological polar surface area (TPSA) is 42.4 Å². The number of hydrogen-bond donors (Lipinski definition) is 0. The van der Waals surface area contributed by atoms with Crippen molar-refractivity contribution in [1.82, 2.24) is 9.88 Å². The van der Waals surface area contributed by atoms with Crippen LogP contribution in [0.15, 0.2) is 18.3 Å². The first kappa shape index (κ1) is 11.6. The van der Waals surface area contributed by atoms with Gasteiger partial charge in [0.25, 0.3) is 5.91 Å². The van der Waals surface area contributed by atoms with Crippen molar-refractivity contribution < 1.29 is 13.9 Å². The van der Waals surface area contributed by atoms with Crippen LogP contribution in [0, 0.1) is 5.95 Å². The van der Waals surface area contributed by atoms with Crippen molar-refractivity contribution >= 4 is 5.91 Å². The molecule has 82 valence electrons. The molecule has 4 nitrogen and oxygen atoms in total. The van der Waals surface area contributed by atoms with Crippen molar-refractivity contribution in [1.29, 1.82) is 0 Å². The first-order chi connectivity index (χ1) is 7.16. The van der Waals surface area contributed by atoms with E-state index in [9.17, 15) is 9.18 Å². The highest BCUT2D eigenvalue weighted by atomic mass is 19.1. The molecule has 0 atom stereocenters. The number of aromatic nitrogens is 1. The Morgan fingerprint density at radius 2 is 2.40 bits per heavy atom. The van der Waals surface area contributed by atoms with Gasteiger partial charge in [-0.25, -0.2) is 4.98 Å². The molecule has 0 unspecified atom stereocenters. The molecular weight excluding hydrogens is 199 g/mol. The van der Waals surface area contributed by atoms with Gasteiger partial charge in [0.15, 0.2) is 0 Å². The quantitative estimate of drug-likeness (QED) is 0.697. The van der Waals surface area contributed by atoms with Crippen LogP contribution in [-0.4, -0.2) is 43.1 Å². The Labute approximate surface area is 87.7 Å². The maximum absolute atomic E-state index is 13.1. The average molecular weight is 212 g/mol. The molecule has 1 aromatic heterocycles. The summed E-state index contributed by atoms with van der Waals surface area (Å²) in [7, 11) is 3.14. The van der Waals surface area contributed by atoms with Gasteiger partial charge in [0.1, 0.15) is 0 Å². The Bertz CT molecular complexity index is 344. The molecule has 1 rings (SSSR count). The van der Waals surface area contributed by atoms with Crippen molar-refractivity contribution in [2.24, 2.45) is 0 Å². The smallest absolute Gasteiger partial charge is 0.258 e. The third-order valence-electron chi connectivity index (χ3n) is 1.97. The van der Waals surface area contributed by atoms with E-state index in [1.54, 1.807) is 14.2 Å². The van der Waals surface area contributed by atoms with E-state index >= 15 is 0 Å². The summed E-state index contributed by atoms with van der Waals surface area (Å²) in [4.78, 5) is 16.5. The van der Waals surface area contributed by atoms with Gasteiger partial charge in [0.05, 0.1) is 12.2 Å². The van der Waals surface area contributed by atoms with Crippen molar-refractivity contribution in [3.05, 3.63) is 29.8 Å². The Hall–Kier alpha value is -1.49. The molecule has 0 spiro atoms. The third-order valence-corrected chi connectivity index (χ3v) is 1.97. The highest BCUT2D eigenvalue weighted by Gasteiger charge is 2.15. The van der Waals surface area contributed by atoms with E-state index in [4.69, 9.17) is 4.74 Å². The first-order valence-corrected chi connectivity index (χ1v) is 4.51. The maximum atomic E-state index is 13.1. The van der Waals surface area contributed by atoms with Gasteiger partial charge < -0.3 is 9.64 Å². The largest absolute Gasteiger partial charge is 0.383 e. The van der Waals surface area contributed by atoms with Crippen LogP contribution in [0.3, 0.4) is 0 Å². The number of pyridine rings is 1. The van der Waals surface area contributed by atoms with E-state index in [2.05, 4.69) is 4.98 Å². The fraction of sp³-hybridized carbons (Fsp3) is 0.400. The van der Waals surface area contributed by atoms with Crippen molar-refractivity contribution in [3.8, 4) is 0 Å². The summed E-state index contributed by atoms with van der Waals surface area (Å²) in [6.07, 6.45) is 1.31. The molecule has 0 saturated carbocycles. The van der Waals surface area contributed by atoms with Gasteiger partial charge in [-0.05, 0) is 12.1 Å². The fourth-order valence-electron chi connectivity index (χ4n) is 1.08. The number of methoxy groups -OCH3 is 1. The second-order valence-electron chi connectivity index (χ2n) is 3.06. The number of likely N-dealkylation sites (N-methyl/N-ethyl adjacent to an activating group) is 1. The summed E-state index contributed by atoms with van der Waals surface area (Å²) < 4.78 is 18.0. The normalized spacial score (nSPS) is 10.1. The molecular formula is C10H13FN2O2. The molecule has 1 amide bonds. The van der Waals surface area contributed by atoms with Gasteiger partial charge in [0, 0.05) is 26.9 Å². The Morgan fingerprint density at radius 3 is 3.00 bits per heavy atom. The molecule has 0 radical (unpaired) electrons. The molecule has 0 N–H and O–H groups in total. The lowest BCUT2D eigenvalue weighted by atomic mass is 10.2. The van der Waals surface area contributed by atoms with Crippen molar-refractivity contribution in [3.63, 3.8) is 0 Å². The lowest BCUT2D eigenvalue weighted by Gasteiger charge is -2.16. The van der Waals surface area contributed by atoms with Crippen molar-refractivity contribution in [2.75, 3.05) is 27.3 Å². The lowest BCUT2D eigenvalue weighted by molar-refractivity contribution is 0.0738. The van der Waals surface area contributed by atoms with Crippen LogP contribution in [0.1, 0.15) is 10.4 Å². The highest BCUT2D eigenvalue weighted by Crippen LogP contribution is 2.06. The molecule has 15 heavy (non-hydrogen) atoms. The van der Waals surface area contributed by atoms with E-state index in [0.29, 0.717) is 13.2 Å². The minimum atomic E-state index is -0.744. The summed E-state index contributed by atoms with van der Waals surface area (Å²) >= 11 is 0. The van der Waals surface area contributed by atoms with Gasteiger partial charge >= 0.3 is 0 Å². The molecule has 0 aliphatic rings. The standard InChI is InChI=1S/C10H13FN2O2/c1-13(6-7-15-2)10(14)8-4-3-5-12-9(8)11/h3-5H,6-7H2,1-2H3. The summed E-state index contributed by atoms with van der Waals surface area (Å²) in [5.74, 6) is -1.13. The van der Waals surface area contributed by atoms with E-state index in [1.807, 2.05) is 0 Å². The molecule has 5 heteroatoms. The Kier molecular flexibility index (Phi) is 4.17. The minimum absolute atomic E-state index is 0.0175. The fourth-order valence-corrected chi connectivity index (χ4v) is 1.08. The molecule has 1 aromatic rings. The molecule has 0 saturated heterocycles. The van der Waals surface area contributed by atoms with Crippen LogP contribution in [0.2, 0.25) is 0 Å². The number of hydrogen-bond acceptors (Lipinski definition) is 3. The Balaban J connectivity index is 2.72. The number of amides is 1. The molecule has 0 bridgehead atoms. The second kappa shape index (κ2) is 5.41. The van der Waals surface area contributed by atoms with Gasteiger partial charge in [-0.15, -0.1) is 0 Å². The van der Waals surface area contributed by atoms with Gasteiger partial charge in [0.2, 0.25) is 5.95 Å². The van der Waals surface area contributed by atoms with Crippen LogP contribution in [0.5, 0.6) is 0 Å². The monoisotopic (exact) mass is 212 g/mol. The summed E-state index contributed by atoms with van der Waals surface area (Å²) in [5.41, 5.74) is -0.0175. The summed E-state index contributed by atoms with van der Waals surface area (Å²) in [6, 6.07) is 2.94. The Morgan fingerprint density at radius 1 is 1.67 bits per heavy atom. The zero-order valence-electron chi connectivity index (χ0n) is 8.74. The average Bonchev–Trinajstić information content (AvgIpc) is 2.25. The minimum Gasteiger partial charge on any atom is -0.383 e. The van der Waals surface area contributed by atoms with E-state index in [0.717, 1.165) is 0 Å². The number of halogens is 1. The number of rotatable bonds is 4. The molecule has 0 fully saturated rings. The first-order valence-electron chi connectivity index (χ1n) is 4.51. The van der Waals surface area contributed by atoms with Gasteiger partial charge in [-0.1, -0.05) is 0 Å². The van der Waals surface area contributed by atoms with Crippen LogP contribution in [-0.2, 0) is 4.74 Å². The number of ether oxygens (including phenoxy) is 1. The maximum Gasteiger partial charge on any atom is 0.258 e. The van der Waals surface area contributed by atoms with E-state index in [-0.39, 0.29) is 5.56 Å². The van der Waals surface area contributed by atoms with Crippen LogP contribution in [0.25, 0.3) is 0 Å². The lowest BCUT2D eigenvalue weighted by Crippen LogP contribution is -2.30.